The van der Waals surface area contributed by atoms with Crippen molar-refractivity contribution in [1.82, 2.24) is 5.32 Å². The fourth-order valence-electron chi connectivity index (χ4n) is 3.77. The van der Waals surface area contributed by atoms with Gasteiger partial charge >= 0.3 is 0 Å². The molecular formula is C14H23NO2. The number of amides is 1. The van der Waals surface area contributed by atoms with Crippen LogP contribution in [0.1, 0.15) is 53.4 Å². The number of rotatable bonds is 3. The maximum Gasteiger partial charge on any atom is 0.227 e. The van der Waals surface area contributed by atoms with Gasteiger partial charge < -0.3 is 5.32 Å². The molecule has 1 N–H and O–H groups in total. The summed E-state index contributed by atoms with van der Waals surface area (Å²) in [6.45, 7) is 8.98. The number of carbonyl (C=O) groups excluding carboxylic acids is 2. The van der Waals surface area contributed by atoms with Crippen molar-refractivity contribution in [1.29, 1.82) is 0 Å². The van der Waals surface area contributed by atoms with Crippen molar-refractivity contribution in [2.24, 2.45) is 16.2 Å². The molecule has 2 saturated carbocycles. The van der Waals surface area contributed by atoms with Crippen LogP contribution in [-0.4, -0.2) is 18.2 Å². The molecule has 0 aromatic rings. The van der Waals surface area contributed by atoms with Crippen LogP contribution < -0.4 is 5.32 Å². The highest BCUT2D eigenvalue weighted by Gasteiger charge is 2.72. The number of carbonyl (C=O) groups is 2. The molecule has 96 valence electrons. The number of ketones is 1. The van der Waals surface area contributed by atoms with Crippen molar-refractivity contribution in [2.75, 3.05) is 6.54 Å². The van der Waals surface area contributed by atoms with Crippen LogP contribution >= 0.6 is 0 Å². The second-order valence-electron chi connectivity index (χ2n) is 6.40. The van der Waals surface area contributed by atoms with Gasteiger partial charge in [0.05, 0.1) is 5.41 Å². The summed E-state index contributed by atoms with van der Waals surface area (Å²) in [5.74, 6) is 0.374. The molecule has 3 heteroatoms. The van der Waals surface area contributed by atoms with E-state index in [1.54, 1.807) is 0 Å². The normalized spacial score (nSPS) is 38.5. The average molecular weight is 237 g/mol. The fourth-order valence-corrected chi connectivity index (χ4v) is 3.77. The summed E-state index contributed by atoms with van der Waals surface area (Å²) >= 11 is 0. The van der Waals surface area contributed by atoms with Crippen LogP contribution in [0.3, 0.4) is 0 Å². The smallest absolute Gasteiger partial charge is 0.227 e. The first-order chi connectivity index (χ1) is 7.82. The monoisotopic (exact) mass is 237 g/mol. The van der Waals surface area contributed by atoms with Crippen molar-refractivity contribution in [3.63, 3.8) is 0 Å². The van der Waals surface area contributed by atoms with E-state index in [1.165, 1.54) is 0 Å². The molecule has 0 unspecified atom stereocenters. The third-order valence-corrected chi connectivity index (χ3v) is 5.68. The van der Waals surface area contributed by atoms with Crippen LogP contribution in [0, 0.1) is 16.2 Å². The maximum absolute atomic E-state index is 12.4. The van der Waals surface area contributed by atoms with Crippen LogP contribution in [-0.2, 0) is 9.59 Å². The highest BCUT2D eigenvalue weighted by atomic mass is 16.2. The van der Waals surface area contributed by atoms with Crippen molar-refractivity contribution >= 4 is 11.7 Å². The first-order valence-electron chi connectivity index (χ1n) is 6.63. The molecule has 2 bridgehead atoms. The minimum atomic E-state index is -0.450. The molecule has 2 rings (SSSR count). The molecule has 0 spiro atoms. The summed E-state index contributed by atoms with van der Waals surface area (Å²) in [5.41, 5.74) is -0.959. The van der Waals surface area contributed by atoms with E-state index < -0.39 is 5.41 Å². The van der Waals surface area contributed by atoms with Crippen molar-refractivity contribution in [3.05, 3.63) is 0 Å². The third-order valence-electron chi connectivity index (χ3n) is 5.68. The molecule has 2 atom stereocenters. The van der Waals surface area contributed by atoms with Crippen LogP contribution in [0.15, 0.2) is 0 Å². The van der Waals surface area contributed by atoms with E-state index in [0.717, 1.165) is 19.3 Å². The quantitative estimate of drug-likeness (QED) is 0.818. The predicted molar refractivity (Wildman–Crippen MR) is 66.5 cm³/mol. The summed E-state index contributed by atoms with van der Waals surface area (Å²) in [7, 11) is 0. The molecule has 0 heterocycles. The Morgan fingerprint density at radius 2 is 1.94 bits per heavy atom. The molecule has 2 aliphatic carbocycles. The van der Waals surface area contributed by atoms with E-state index in [9.17, 15) is 9.59 Å². The Hall–Kier alpha value is -0.860. The highest BCUT2D eigenvalue weighted by Crippen LogP contribution is 2.70. The molecule has 1 amide bonds. The molecule has 17 heavy (non-hydrogen) atoms. The molecule has 2 aliphatic rings. The highest BCUT2D eigenvalue weighted by molar-refractivity contribution is 5.99. The van der Waals surface area contributed by atoms with Gasteiger partial charge in [-0.05, 0) is 24.7 Å². The van der Waals surface area contributed by atoms with Gasteiger partial charge in [-0.1, -0.05) is 27.7 Å². The number of nitrogens with one attached hydrogen (secondary N) is 1. The first-order valence-corrected chi connectivity index (χ1v) is 6.63. The minimum absolute atomic E-state index is 0.0962. The maximum atomic E-state index is 12.4. The average Bonchev–Trinajstić information content (AvgIpc) is 2.56. The third kappa shape index (κ3) is 1.28. The summed E-state index contributed by atoms with van der Waals surface area (Å²) in [4.78, 5) is 24.6. The van der Waals surface area contributed by atoms with Crippen LogP contribution in [0.2, 0.25) is 0 Å². The van der Waals surface area contributed by atoms with Crippen LogP contribution in [0.5, 0.6) is 0 Å². The minimum Gasteiger partial charge on any atom is -0.356 e. The number of fused-ring (bicyclic) bond motifs is 2. The Kier molecular flexibility index (Phi) is 2.64. The Morgan fingerprint density at radius 1 is 1.29 bits per heavy atom. The lowest BCUT2D eigenvalue weighted by Gasteiger charge is -2.38. The van der Waals surface area contributed by atoms with Crippen molar-refractivity contribution in [3.8, 4) is 0 Å². The Balaban J connectivity index is 2.33. The lowest BCUT2D eigenvalue weighted by molar-refractivity contribution is -0.136. The molecule has 0 radical (unpaired) electrons. The zero-order chi connectivity index (χ0) is 12.9. The molecule has 0 aromatic heterocycles. The van der Waals surface area contributed by atoms with E-state index in [-0.39, 0.29) is 22.5 Å². The molecule has 3 nitrogen and oxygen atoms in total. The lowest BCUT2D eigenvalue weighted by atomic mass is 9.64. The zero-order valence-electron chi connectivity index (χ0n) is 11.4. The van der Waals surface area contributed by atoms with E-state index in [4.69, 9.17) is 0 Å². The molecule has 0 aromatic carbocycles. The molecule has 2 fully saturated rings. The van der Waals surface area contributed by atoms with Gasteiger partial charge in [-0.15, -0.1) is 0 Å². The largest absolute Gasteiger partial charge is 0.356 e. The summed E-state index contributed by atoms with van der Waals surface area (Å²) in [6.07, 6.45) is 3.09. The molecule has 0 saturated heterocycles. The van der Waals surface area contributed by atoms with Gasteiger partial charge in [0.1, 0.15) is 5.78 Å². The zero-order valence-corrected chi connectivity index (χ0v) is 11.4. The van der Waals surface area contributed by atoms with Gasteiger partial charge in [-0.2, -0.15) is 0 Å². The van der Waals surface area contributed by atoms with E-state index >= 15 is 0 Å². The van der Waals surface area contributed by atoms with Crippen LogP contribution in [0.25, 0.3) is 0 Å². The van der Waals surface area contributed by atoms with Gasteiger partial charge in [0, 0.05) is 18.4 Å². The summed E-state index contributed by atoms with van der Waals surface area (Å²) in [5, 5.41) is 2.99. The Labute approximate surface area is 103 Å². The standard InChI is InChI=1S/C14H23NO2/c1-5-8-15-11(17)14-7-6-13(4,10(16)9-14)12(14,2)3/h5-9H2,1-4H3,(H,15,17)/t13-,14+/m0/s1. The van der Waals surface area contributed by atoms with E-state index in [0.29, 0.717) is 13.0 Å². The summed E-state index contributed by atoms with van der Waals surface area (Å²) < 4.78 is 0. The van der Waals surface area contributed by atoms with Gasteiger partial charge in [-0.25, -0.2) is 0 Å². The fraction of sp³-hybridized carbons (Fsp3) is 0.857. The lowest BCUT2D eigenvalue weighted by Crippen LogP contribution is -2.46. The van der Waals surface area contributed by atoms with Gasteiger partial charge in [0.15, 0.2) is 0 Å². The topological polar surface area (TPSA) is 46.2 Å². The number of hydrogen-bond acceptors (Lipinski definition) is 2. The summed E-state index contributed by atoms with van der Waals surface area (Å²) in [6, 6.07) is 0. The predicted octanol–water partition coefficient (Wildman–Crippen LogP) is 2.30. The first kappa shape index (κ1) is 12.6. The number of Topliss-reactive ketones (excluding diaryl/α,β-unsaturated/α-hetero) is 1. The van der Waals surface area contributed by atoms with E-state index in [1.807, 2.05) is 13.8 Å². The Bertz CT molecular complexity index is 374. The van der Waals surface area contributed by atoms with E-state index in [2.05, 4.69) is 19.2 Å². The molecule has 0 aliphatic heterocycles. The van der Waals surface area contributed by atoms with Gasteiger partial charge in [-0.3, -0.25) is 9.59 Å². The van der Waals surface area contributed by atoms with Gasteiger partial charge in [0.25, 0.3) is 0 Å². The SMILES string of the molecule is CCCNC(=O)[C@@]12CC[C@@](C)(C(=O)C1)C2(C)C. The Morgan fingerprint density at radius 3 is 2.35 bits per heavy atom. The number of hydrogen-bond donors (Lipinski definition) is 1. The van der Waals surface area contributed by atoms with Crippen molar-refractivity contribution in [2.45, 2.75) is 53.4 Å². The van der Waals surface area contributed by atoms with Gasteiger partial charge in [0.2, 0.25) is 5.91 Å². The van der Waals surface area contributed by atoms with Crippen LogP contribution in [0.4, 0.5) is 0 Å². The second-order valence-corrected chi connectivity index (χ2v) is 6.40. The van der Waals surface area contributed by atoms with Crippen molar-refractivity contribution < 1.29 is 9.59 Å². The molecular weight excluding hydrogens is 214 g/mol. The second kappa shape index (κ2) is 3.56.